The van der Waals surface area contributed by atoms with Gasteiger partial charge in [0.25, 0.3) is 11.7 Å². The van der Waals surface area contributed by atoms with E-state index in [1.54, 1.807) is 7.11 Å². The number of carbonyl (C=O) groups is 2. The van der Waals surface area contributed by atoms with E-state index in [1.807, 2.05) is 109 Å². The molecule has 0 saturated carbocycles. The van der Waals surface area contributed by atoms with Crippen molar-refractivity contribution in [1.82, 2.24) is 4.90 Å². The minimum Gasteiger partial charge on any atom is -0.507 e. The molecule has 1 N–H and O–H groups in total. The number of Topliss-reactive ketones (excluding diaryl/α,β-unsaturated/α-hetero) is 1. The third kappa shape index (κ3) is 5.76. The number of carbonyl (C=O) groups excluding carboxylic acids is 2. The standard InChI is InChI=1S/C34H39NO5/c1-20(2)25-18-26(22(4)17-28(25)39-8)31(36)29-30(23-14-11-12-21(3)16-23)35(33(38)32(29)37)19-24-13-9-10-15-27(24)40-34(5,6)7/h9-18,20,30,36H,19H2,1-8H3/b31-29+. The molecule has 1 fully saturated rings. The predicted octanol–water partition coefficient (Wildman–Crippen LogP) is 7.23. The summed E-state index contributed by atoms with van der Waals surface area (Å²) in [6, 6.07) is 18.2. The van der Waals surface area contributed by atoms with Crippen molar-refractivity contribution in [2.75, 3.05) is 7.11 Å². The zero-order valence-corrected chi connectivity index (χ0v) is 24.7. The molecule has 210 valence electrons. The number of benzene rings is 3. The van der Waals surface area contributed by atoms with E-state index < -0.39 is 23.3 Å². The monoisotopic (exact) mass is 541 g/mol. The van der Waals surface area contributed by atoms with E-state index >= 15 is 0 Å². The van der Waals surface area contributed by atoms with Crippen LogP contribution in [0.4, 0.5) is 0 Å². The van der Waals surface area contributed by atoms with Gasteiger partial charge in [0.15, 0.2) is 0 Å². The van der Waals surface area contributed by atoms with Crippen LogP contribution in [0.1, 0.15) is 80.0 Å². The zero-order chi connectivity index (χ0) is 29.4. The number of para-hydroxylation sites is 1. The van der Waals surface area contributed by atoms with Crippen molar-refractivity contribution in [2.24, 2.45) is 0 Å². The number of aliphatic hydroxyl groups is 1. The van der Waals surface area contributed by atoms with Crippen LogP contribution in [0, 0.1) is 13.8 Å². The lowest BCUT2D eigenvalue weighted by molar-refractivity contribution is -0.140. The summed E-state index contributed by atoms with van der Waals surface area (Å²) >= 11 is 0. The molecule has 40 heavy (non-hydrogen) atoms. The van der Waals surface area contributed by atoms with Crippen molar-refractivity contribution in [2.45, 2.75) is 72.6 Å². The molecule has 1 unspecified atom stereocenters. The first-order valence-corrected chi connectivity index (χ1v) is 13.6. The number of hydrogen-bond acceptors (Lipinski definition) is 5. The first kappa shape index (κ1) is 28.9. The Morgan fingerprint density at radius 3 is 2.30 bits per heavy atom. The van der Waals surface area contributed by atoms with Crippen LogP contribution in [0.5, 0.6) is 11.5 Å². The topological polar surface area (TPSA) is 76.1 Å². The van der Waals surface area contributed by atoms with E-state index in [0.29, 0.717) is 11.3 Å². The summed E-state index contributed by atoms with van der Waals surface area (Å²) in [5.41, 5.74) is 4.32. The van der Waals surface area contributed by atoms with Crippen LogP contribution in [0.25, 0.3) is 5.76 Å². The highest BCUT2D eigenvalue weighted by molar-refractivity contribution is 6.46. The van der Waals surface area contributed by atoms with Crippen molar-refractivity contribution < 1.29 is 24.2 Å². The highest BCUT2D eigenvalue weighted by Crippen LogP contribution is 2.43. The average Bonchev–Trinajstić information content (AvgIpc) is 3.13. The van der Waals surface area contributed by atoms with Gasteiger partial charge in [0.05, 0.1) is 25.3 Å². The van der Waals surface area contributed by atoms with Gasteiger partial charge in [-0.25, -0.2) is 0 Å². The lowest BCUT2D eigenvalue weighted by Gasteiger charge is -2.28. The number of aliphatic hydroxyl groups excluding tert-OH is 1. The van der Waals surface area contributed by atoms with Crippen molar-refractivity contribution in [1.29, 1.82) is 0 Å². The molecule has 1 aliphatic heterocycles. The molecule has 3 aromatic rings. The number of likely N-dealkylation sites (tertiary alicyclic amines) is 1. The smallest absolute Gasteiger partial charge is 0.295 e. The van der Waals surface area contributed by atoms with E-state index in [9.17, 15) is 14.7 Å². The average molecular weight is 542 g/mol. The SMILES string of the molecule is COc1cc(C)c(/C(O)=C2\C(=O)C(=O)N(Cc3ccccc3OC(C)(C)C)C2c2cccc(C)c2)cc1C(C)C. The van der Waals surface area contributed by atoms with Crippen LogP contribution in [-0.4, -0.2) is 34.4 Å². The minimum atomic E-state index is -0.772. The highest BCUT2D eigenvalue weighted by Gasteiger charge is 2.46. The number of rotatable bonds is 7. The Morgan fingerprint density at radius 1 is 0.975 bits per heavy atom. The fourth-order valence-electron chi connectivity index (χ4n) is 5.20. The molecular weight excluding hydrogens is 502 g/mol. The first-order chi connectivity index (χ1) is 18.8. The molecule has 0 radical (unpaired) electrons. The molecule has 1 amide bonds. The highest BCUT2D eigenvalue weighted by atomic mass is 16.5. The van der Waals surface area contributed by atoms with Gasteiger partial charge < -0.3 is 19.5 Å². The molecular formula is C34H39NO5. The van der Waals surface area contributed by atoms with Gasteiger partial charge in [-0.05, 0) is 75.4 Å². The normalized spacial score (nSPS) is 17.0. The number of ether oxygens (including phenoxy) is 2. The van der Waals surface area contributed by atoms with Crippen molar-refractivity contribution in [3.63, 3.8) is 0 Å². The molecule has 0 aromatic heterocycles. The van der Waals surface area contributed by atoms with Gasteiger partial charge in [-0.3, -0.25) is 9.59 Å². The van der Waals surface area contributed by atoms with Gasteiger partial charge in [0, 0.05) is 11.1 Å². The number of hydrogen-bond donors (Lipinski definition) is 1. The molecule has 6 heteroatoms. The Morgan fingerprint density at radius 2 is 1.68 bits per heavy atom. The van der Waals surface area contributed by atoms with Crippen LogP contribution in [0.15, 0.2) is 66.2 Å². The zero-order valence-electron chi connectivity index (χ0n) is 24.7. The molecule has 1 saturated heterocycles. The predicted molar refractivity (Wildman–Crippen MR) is 158 cm³/mol. The van der Waals surface area contributed by atoms with Crippen LogP contribution in [0.2, 0.25) is 0 Å². The maximum absolute atomic E-state index is 13.7. The van der Waals surface area contributed by atoms with Gasteiger partial charge in [0.2, 0.25) is 0 Å². The lowest BCUT2D eigenvalue weighted by atomic mass is 9.90. The lowest BCUT2D eigenvalue weighted by Crippen LogP contribution is -2.30. The van der Waals surface area contributed by atoms with E-state index in [0.717, 1.165) is 33.6 Å². The second-order valence-electron chi connectivity index (χ2n) is 11.7. The van der Waals surface area contributed by atoms with Crippen molar-refractivity contribution >= 4 is 17.4 Å². The van der Waals surface area contributed by atoms with E-state index in [1.165, 1.54) is 4.90 Å². The molecule has 0 bridgehead atoms. The summed E-state index contributed by atoms with van der Waals surface area (Å²) < 4.78 is 11.8. The maximum Gasteiger partial charge on any atom is 0.295 e. The Balaban J connectivity index is 1.91. The molecule has 1 atom stereocenters. The van der Waals surface area contributed by atoms with Crippen LogP contribution < -0.4 is 9.47 Å². The second-order valence-corrected chi connectivity index (χ2v) is 11.7. The minimum absolute atomic E-state index is 0.0767. The van der Waals surface area contributed by atoms with Crippen molar-refractivity contribution in [3.05, 3.63) is 99.6 Å². The fourth-order valence-corrected chi connectivity index (χ4v) is 5.20. The van der Waals surface area contributed by atoms with Gasteiger partial charge >= 0.3 is 0 Å². The summed E-state index contributed by atoms with van der Waals surface area (Å²) in [6.45, 7) is 13.9. The third-order valence-electron chi connectivity index (χ3n) is 7.08. The summed E-state index contributed by atoms with van der Waals surface area (Å²) in [6.07, 6.45) is 0. The maximum atomic E-state index is 13.7. The van der Waals surface area contributed by atoms with Crippen LogP contribution in [-0.2, 0) is 16.1 Å². The molecule has 0 spiro atoms. The van der Waals surface area contributed by atoms with Gasteiger partial charge in [-0.15, -0.1) is 0 Å². The number of aryl methyl sites for hydroxylation is 2. The van der Waals surface area contributed by atoms with Crippen molar-refractivity contribution in [3.8, 4) is 11.5 Å². The molecule has 4 rings (SSSR count). The van der Waals surface area contributed by atoms with Gasteiger partial charge in [-0.2, -0.15) is 0 Å². The molecule has 1 heterocycles. The quantitative estimate of drug-likeness (QED) is 0.194. The summed E-state index contributed by atoms with van der Waals surface area (Å²) in [5, 5.41) is 11.8. The molecule has 1 aliphatic rings. The van der Waals surface area contributed by atoms with Gasteiger partial charge in [-0.1, -0.05) is 61.9 Å². The van der Waals surface area contributed by atoms with E-state index in [2.05, 4.69) is 0 Å². The largest absolute Gasteiger partial charge is 0.507 e. The van der Waals surface area contributed by atoms with Crippen LogP contribution >= 0.6 is 0 Å². The Hall–Kier alpha value is -4.06. The number of methoxy groups -OCH3 is 1. The Bertz CT molecular complexity index is 1480. The summed E-state index contributed by atoms with van der Waals surface area (Å²) in [4.78, 5) is 28.9. The van der Waals surface area contributed by atoms with E-state index in [-0.39, 0.29) is 23.8 Å². The molecule has 3 aromatic carbocycles. The molecule has 0 aliphatic carbocycles. The third-order valence-corrected chi connectivity index (χ3v) is 7.08. The first-order valence-electron chi connectivity index (χ1n) is 13.6. The molecule has 6 nitrogen and oxygen atoms in total. The number of amides is 1. The van der Waals surface area contributed by atoms with E-state index in [4.69, 9.17) is 9.47 Å². The number of nitrogens with zero attached hydrogens (tertiary/aromatic N) is 1. The Labute approximate surface area is 237 Å². The Kier molecular flexibility index (Phi) is 8.10. The van der Waals surface area contributed by atoms with Crippen LogP contribution in [0.3, 0.4) is 0 Å². The second kappa shape index (κ2) is 11.2. The number of ketones is 1. The fraction of sp³-hybridized carbons (Fsp3) is 0.353. The summed E-state index contributed by atoms with van der Waals surface area (Å²) in [7, 11) is 1.62. The van der Waals surface area contributed by atoms with Gasteiger partial charge in [0.1, 0.15) is 22.9 Å². The summed E-state index contributed by atoms with van der Waals surface area (Å²) in [5.74, 6) is -0.0684.